The first-order valence-electron chi connectivity index (χ1n) is 8.08. The molecular formula is C17H17F3N2O6S2. The fourth-order valence-electron chi connectivity index (χ4n) is 2.19. The Morgan fingerprint density at radius 3 is 2.00 bits per heavy atom. The van der Waals surface area contributed by atoms with Gasteiger partial charge in [-0.25, -0.2) is 16.8 Å². The molecule has 164 valence electrons. The van der Waals surface area contributed by atoms with E-state index >= 15 is 0 Å². The van der Waals surface area contributed by atoms with Gasteiger partial charge in [0.15, 0.2) is 0 Å². The molecule has 0 fully saturated rings. The molecule has 0 radical (unpaired) electrons. The number of hydrogen-bond donors (Lipinski definition) is 3. The summed E-state index contributed by atoms with van der Waals surface area (Å²) in [5.41, 5.74) is -4.76. The van der Waals surface area contributed by atoms with Gasteiger partial charge in [0.05, 0.1) is 27.4 Å². The van der Waals surface area contributed by atoms with Crippen LogP contribution in [0.15, 0.2) is 58.3 Å². The lowest BCUT2D eigenvalue weighted by molar-refractivity contribution is -0.242. The van der Waals surface area contributed by atoms with Crippen molar-refractivity contribution in [2.75, 3.05) is 16.3 Å². The van der Waals surface area contributed by atoms with E-state index < -0.39 is 48.9 Å². The van der Waals surface area contributed by atoms with Crippen LogP contribution in [0.3, 0.4) is 0 Å². The number of amides is 1. The number of benzene rings is 2. The van der Waals surface area contributed by atoms with Crippen LogP contribution in [0.25, 0.3) is 0 Å². The fourth-order valence-corrected chi connectivity index (χ4v) is 4.07. The molecule has 0 aromatic heterocycles. The molecule has 0 spiro atoms. The van der Waals surface area contributed by atoms with Crippen molar-refractivity contribution in [2.24, 2.45) is 0 Å². The summed E-state index contributed by atoms with van der Waals surface area (Å²) in [6.45, 7) is 0.222. The van der Waals surface area contributed by atoms with Crippen LogP contribution in [0.2, 0.25) is 0 Å². The highest BCUT2D eigenvalue weighted by Crippen LogP contribution is 2.34. The van der Waals surface area contributed by atoms with E-state index in [4.69, 9.17) is 0 Å². The van der Waals surface area contributed by atoms with Gasteiger partial charge in [-0.2, -0.15) is 13.2 Å². The van der Waals surface area contributed by atoms with Gasteiger partial charge in [0.25, 0.3) is 5.91 Å². The summed E-state index contributed by atoms with van der Waals surface area (Å²) in [5.74, 6) is -1.88. The number of nitrogens with one attached hydrogen (secondary N) is 2. The van der Waals surface area contributed by atoms with Crippen molar-refractivity contribution in [3.05, 3.63) is 48.5 Å². The van der Waals surface area contributed by atoms with Crippen molar-refractivity contribution < 1.29 is 39.9 Å². The fraction of sp³-hybridized carbons (Fsp3) is 0.235. The number of aliphatic hydroxyl groups is 1. The lowest BCUT2D eigenvalue weighted by Gasteiger charge is -2.25. The molecule has 0 aliphatic rings. The standard InChI is InChI=1S/C17H17F3N2O6S2/c1-16(24,17(18,19)20)15(23)21-13-9-8-12(10-14(13)22-29(2,25)26)30(27,28)11-6-4-3-5-7-11/h3-10,22,24H,1-2H3,(H,21,23). The average molecular weight is 466 g/mol. The highest BCUT2D eigenvalue weighted by Gasteiger charge is 2.55. The van der Waals surface area contributed by atoms with E-state index in [1.807, 2.05) is 4.72 Å². The molecule has 0 bridgehead atoms. The number of sulfonamides is 1. The summed E-state index contributed by atoms with van der Waals surface area (Å²) in [4.78, 5) is 11.4. The quantitative estimate of drug-likeness (QED) is 0.598. The van der Waals surface area contributed by atoms with Crippen molar-refractivity contribution in [3.63, 3.8) is 0 Å². The van der Waals surface area contributed by atoms with Crippen LogP contribution in [0.1, 0.15) is 6.92 Å². The third-order valence-corrected chi connectivity index (χ3v) is 6.25. The molecule has 1 amide bonds. The average Bonchev–Trinajstić information content (AvgIpc) is 2.61. The predicted molar refractivity (Wildman–Crippen MR) is 102 cm³/mol. The van der Waals surface area contributed by atoms with E-state index in [9.17, 15) is 39.9 Å². The minimum absolute atomic E-state index is 0.105. The van der Waals surface area contributed by atoms with Crippen LogP contribution in [0.4, 0.5) is 24.5 Å². The van der Waals surface area contributed by atoms with Gasteiger partial charge in [-0.1, -0.05) is 18.2 Å². The predicted octanol–water partition coefficient (Wildman–Crippen LogP) is 2.14. The number of carbonyl (C=O) groups excluding carboxylic acids is 1. The Labute approximate surface area is 170 Å². The molecule has 30 heavy (non-hydrogen) atoms. The van der Waals surface area contributed by atoms with Crippen LogP contribution in [-0.2, 0) is 24.7 Å². The van der Waals surface area contributed by atoms with E-state index in [-0.39, 0.29) is 16.7 Å². The van der Waals surface area contributed by atoms with Gasteiger partial charge in [-0.15, -0.1) is 0 Å². The minimum Gasteiger partial charge on any atom is -0.373 e. The Morgan fingerprint density at radius 1 is 0.933 bits per heavy atom. The highest BCUT2D eigenvalue weighted by atomic mass is 32.2. The number of rotatable bonds is 6. The van der Waals surface area contributed by atoms with Gasteiger partial charge in [-0.05, 0) is 37.3 Å². The summed E-state index contributed by atoms with van der Waals surface area (Å²) < 4.78 is 89.2. The second kappa shape index (κ2) is 7.89. The molecule has 3 N–H and O–H groups in total. The second-order valence-electron chi connectivity index (χ2n) is 6.42. The largest absolute Gasteiger partial charge is 0.426 e. The maximum absolute atomic E-state index is 12.9. The Kier molecular flexibility index (Phi) is 6.21. The number of alkyl halides is 3. The maximum atomic E-state index is 12.9. The van der Waals surface area contributed by atoms with Gasteiger partial charge in [0.1, 0.15) is 0 Å². The van der Waals surface area contributed by atoms with Crippen LogP contribution >= 0.6 is 0 Å². The third-order valence-electron chi connectivity index (χ3n) is 3.89. The lowest BCUT2D eigenvalue weighted by Crippen LogP contribution is -2.52. The molecular weight excluding hydrogens is 449 g/mol. The summed E-state index contributed by atoms with van der Waals surface area (Å²) in [7, 11) is -8.10. The van der Waals surface area contributed by atoms with E-state index in [2.05, 4.69) is 0 Å². The van der Waals surface area contributed by atoms with Gasteiger partial charge in [-0.3, -0.25) is 9.52 Å². The second-order valence-corrected chi connectivity index (χ2v) is 10.1. The van der Waals surface area contributed by atoms with Crippen molar-refractivity contribution in [1.29, 1.82) is 0 Å². The van der Waals surface area contributed by atoms with Crippen LogP contribution < -0.4 is 10.0 Å². The molecule has 1 unspecified atom stereocenters. The normalized spacial score (nSPS) is 14.6. The van der Waals surface area contributed by atoms with Crippen molar-refractivity contribution in [2.45, 2.75) is 28.5 Å². The van der Waals surface area contributed by atoms with E-state index in [0.717, 1.165) is 24.5 Å². The topological polar surface area (TPSA) is 130 Å². The maximum Gasteiger partial charge on any atom is 0.426 e. The Morgan fingerprint density at radius 2 is 1.50 bits per heavy atom. The van der Waals surface area contributed by atoms with Crippen LogP contribution in [0.5, 0.6) is 0 Å². The van der Waals surface area contributed by atoms with Crippen LogP contribution in [-0.4, -0.2) is 45.9 Å². The summed E-state index contributed by atoms with van der Waals surface area (Å²) in [6.07, 6.45) is -4.58. The van der Waals surface area contributed by atoms with Gasteiger partial charge in [0, 0.05) is 0 Å². The number of halogens is 3. The third kappa shape index (κ3) is 5.09. The lowest BCUT2D eigenvalue weighted by atomic mass is 10.1. The molecule has 2 aromatic carbocycles. The molecule has 2 aromatic rings. The molecule has 1 atom stereocenters. The molecule has 0 aliphatic heterocycles. The molecule has 0 aliphatic carbocycles. The Balaban J connectivity index is 2.54. The first-order valence-corrected chi connectivity index (χ1v) is 11.5. The first kappa shape index (κ1) is 23.6. The first-order chi connectivity index (χ1) is 13.6. The van der Waals surface area contributed by atoms with Gasteiger partial charge in [0.2, 0.25) is 25.5 Å². The monoisotopic (exact) mass is 466 g/mol. The molecule has 0 saturated carbocycles. The number of sulfone groups is 1. The molecule has 0 saturated heterocycles. The number of anilines is 2. The van der Waals surface area contributed by atoms with E-state index in [0.29, 0.717) is 0 Å². The van der Waals surface area contributed by atoms with Crippen molar-refractivity contribution in [1.82, 2.24) is 0 Å². The van der Waals surface area contributed by atoms with Crippen molar-refractivity contribution in [3.8, 4) is 0 Å². The Bertz CT molecular complexity index is 1160. The minimum atomic E-state index is -5.31. The van der Waals surface area contributed by atoms with Crippen molar-refractivity contribution >= 4 is 37.1 Å². The van der Waals surface area contributed by atoms with E-state index in [1.165, 1.54) is 24.3 Å². The summed E-state index contributed by atoms with van der Waals surface area (Å²) in [5, 5.41) is 11.2. The summed E-state index contributed by atoms with van der Waals surface area (Å²) >= 11 is 0. The summed E-state index contributed by atoms with van der Waals surface area (Å²) in [6, 6.07) is 9.86. The highest BCUT2D eigenvalue weighted by molar-refractivity contribution is 7.92. The van der Waals surface area contributed by atoms with Gasteiger partial charge >= 0.3 is 6.18 Å². The SMILES string of the molecule is CC(O)(C(=O)Nc1ccc(S(=O)(=O)c2ccccc2)cc1NS(C)(=O)=O)C(F)(F)F. The smallest absolute Gasteiger partial charge is 0.373 e. The zero-order chi connectivity index (χ0) is 23.0. The zero-order valence-corrected chi connectivity index (χ0v) is 17.2. The van der Waals surface area contributed by atoms with Crippen LogP contribution in [0, 0.1) is 0 Å². The number of hydrogen-bond acceptors (Lipinski definition) is 6. The molecule has 2 rings (SSSR count). The number of carbonyl (C=O) groups is 1. The Hall–Kier alpha value is -2.64. The molecule has 0 heterocycles. The zero-order valence-electron chi connectivity index (χ0n) is 15.6. The van der Waals surface area contributed by atoms with Gasteiger partial charge < -0.3 is 10.4 Å². The molecule has 8 nitrogen and oxygen atoms in total. The van der Waals surface area contributed by atoms with E-state index in [1.54, 1.807) is 11.4 Å². The molecule has 13 heteroatoms.